The van der Waals surface area contributed by atoms with Crippen molar-refractivity contribution in [1.29, 1.82) is 0 Å². The van der Waals surface area contributed by atoms with Crippen molar-refractivity contribution in [2.45, 2.75) is 12.5 Å². The van der Waals surface area contributed by atoms with Crippen LogP contribution >= 0.6 is 0 Å². The Balaban J connectivity index is 1.61. The van der Waals surface area contributed by atoms with Crippen molar-refractivity contribution in [3.8, 4) is 11.5 Å². The largest absolute Gasteiger partial charge is 0.457 e. The third-order valence-electron chi connectivity index (χ3n) is 3.31. The zero-order chi connectivity index (χ0) is 14.5. The van der Waals surface area contributed by atoms with Gasteiger partial charge in [0.2, 0.25) is 0 Å². The molecule has 1 atom stereocenters. The maximum absolute atomic E-state index is 5.77. The summed E-state index contributed by atoms with van der Waals surface area (Å²) in [6.07, 6.45) is 6.97. The van der Waals surface area contributed by atoms with Crippen LogP contribution in [-0.4, -0.2) is 6.04 Å². The van der Waals surface area contributed by atoms with Gasteiger partial charge in [0.15, 0.2) is 0 Å². The molecule has 0 radical (unpaired) electrons. The quantitative estimate of drug-likeness (QED) is 0.886. The Labute approximate surface area is 124 Å². The maximum Gasteiger partial charge on any atom is 0.127 e. The van der Waals surface area contributed by atoms with Crippen LogP contribution in [-0.2, 0) is 0 Å². The molecule has 3 heteroatoms. The maximum atomic E-state index is 5.77. The second-order valence-electron chi connectivity index (χ2n) is 4.99. The van der Waals surface area contributed by atoms with Gasteiger partial charge in [-0.15, -0.1) is 0 Å². The summed E-state index contributed by atoms with van der Waals surface area (Å²) in [6, 6.07) is 18.0. The normalized spacial score (nSPS) is 17.1. The molecule has 2 aromatic carbocycles. The lowest BCUT2D eigenvalue weighted by atomic mass is 10.1. The summed E-state index contributed by atoms with van der Waals surface area (Å²) < 4.78 is 5.77. The highest BCUT2D eigenvalue weighted by Crippen LogP contribution is 2.23. The van der Waals surface area contributed by atoms with Crippen LogP contribution in [0.15, 0.2) is 78.5 Å². The minimum atomic E-state index is 0.290. The predicted octanol–water partition coefficient (Wildman–Crippen LogP) is 4.06. The number of allylic oxidation sites excluding steroid dienone is 1. The predicted molar refractivity (Wildman–Crippen MR) is 86.4 cm³/mol. The molecule has 0 spiro atoms. The van der Waals surface area contributed by atoms with Crippen molar-refractivity contribution in [2.24, 2.45) is 5.73 Å². The van der Waals surface area contributed by atoms with Crippen LogP contribution in [0.2, 0.25) is 0 Å². The first kappa shape index (κ1) is 13.3. The van der Waals surface area contributed by atoms with Crippen molar-refractivity contribution in [1.82, 2.24) is 0 Å². The molecule has 0 bridgehead atoms. The Morgan fingerprint density at radius 1 is 0.952 bits per heavy atom. The van der Waals surface area contributed by atoms with Gasteiger partial charge < -0.3 is 15.8 Å². The number of para-hydroxylation sites is 1. The zero-order valence-electron chi connectivity index (χ0n) is 11.7. The molecular weight excluding hydrogens is 260 g/mol. The van der Waals surface area contributed by atoms with Crippen molar-refractivity contribution in [3.05, 3.63) is 78.5 Å². The Morgan fingerprint density at radius 3 is 2.33 bits per heavy atom. The lowest BCUT2D eigenvalue weighted by Crippen LogP contribution is -2.18. The average molecular weight is 278 g/mol. The Hall–Kier alpha value is -2.68. The van der Waals surface area contributed by atoms with Gasteiger partial charge in [-0.05, 0) is 48.9 Å². The van der Waals surface area contributed by atoms with Gasteiger partial charge in [-0.25, -0.2) is 0 Å². The molecule has 0 fully saturated rings. The number of nitrogens with two attached hydrogens (primary N) is 1. The number of hydrogen-bond donors (Lipinski definition) is 2. The van der Waals surface area contributed by atoms with Gasteiger partial charge in [0, 0.05) is 17.4 Å². The van der Waals surface area contributed by atoms with Crippen LogP contribution < -0.4 is 15.8 Å². The number of rotatable bonds is 4. The molecule has 0 amide bonds. The first-order chi connectivity index (χ1) is 10.3. The highest BCUT2D eigenvalue weighted by Gasteiger charge is 2.07. The second-order valence-corrected chi connectivity index (χ2v) is 4.99. The number of benzene rings is 2. The Kier molecular flexibility index (Phi) is 3.92. The zero-order valence-corrected chi connectivity index (χ0v) is 11.7. The summed E-state index contributed by atoms with van der Waals surface area (Å²) in [7, 11) is 0. The Morgan fingerprint density at radius 2 is 1.67 bits per heavy atom. The third-order valence-corrected chi connectivity index (χ3v) is 3.31. The van der Waals surface area contributed by atoms with Crippen LogP contribution in [0.3, 0.4) is 0 Å². The summed E-state index contributed by atoms with van der Waals surface area (Å²) in [5.74, 6) is 1.67. The molecule has 1 aliphatic carbocycles. The van der Waals surface area contributed by atoms with Crippen LogP contribution in [0.4, 0.5) is 5.69 Å². The molecular formula is C18H18N2O. The van der Waals surface area contributed by atoms with Gasteiger partial charge in [0.1, 0.15) is 11.5 Å². The van der Waals surface area contributed by atoms with Gasteiger partial charge >= 0.3 is 0 Å². The molecule has 1 unspecified atom stereocenters. The topological polar surface area (TPSA) is 47.3 Å². The first-order valence-electron chi connectivity index (χ1n) is 7.03. The third kappa shape index (κ3) is 3.66. The number of ether oxygens (including phenoxy) is 1. The van der Waals surface area contributed by atoms with Crippen LogP contribution in [0.25, 0.3) is 0 Å². The molecule has 1 aliphatic rings. The van der Waals surface area contributed by atoms with Gasteiger partial charge in [-0.1, -0.05) is 30.4 Å². The lowest BCUT2D eigenvalue weighted by Gasteiger charge is -2.18. The van der Waals surface area contributed by atoms with Crippen molar-refractivity contribution in [2.75, 3.05) is 5.32 Å². The highest BCUT2D eigenvalue weighted by molar-refractivity contribution is 5.49. The lowest BCUT2D eigenvalue weighted by molar-refractivity contribution is 0.483. The van der Waals surface area contributed by atoms with E-state index in [-0.39, 0.29) is 6.04 Å². The highest BCUT2D eigenvalue weighted by atomic mass is 16.5. The minimum Gasteiger partial charge on any atom is -0.457 e. The average Bonchev–Trinajstić information content (AvgIpc) is 2.53. The molecule has 0 saturated heterocycles. The SMILES string of the molecule is NC1=CCC(Nc2ccc(Oc3ccccc3)cc2)C=C1. The Bertz CT molecular complexity index is 645. The van der Waals surface area contributed by atoms with E-state index in [4.69, 9.17) is 10.5 Å². The van der Waals surface area contributed by atoms with E-state index < -0.39 is 0 Å². The molecule has 2 aromatic rings. The van der Waals surface area contributed by atoms with Gasteiger partial charge in [0.05, 0.1) is 0 Å². The summed E-state index contributed by atoms with van der Waals surface area (Å²) in [6.45, 7) is 0. The number of anilines is 1. The molecule has 0 aromatic heterocycles. The minimum absolute atomic E-state index is 0.290. The molecule has 3 N–H and O–H groups in total. The van der Waals surface area contributed by atoms with E-state index in [0.717, 1.165) is 29.3 Å². The van der Waals surface area contributed by atoms with Crippen LogP contribution in [0.1, 0.15) is 6.42 Å². The fourth-order valence-electron chi connectivity index (χ4n) is 2.20. The van der Waals surface area contributed by atoms with E-state index >= 15 is 0 Å². The van der Waals surface area contributed by atoms with Crippen molar-refractivity contribution in [3.63, 3.8) is 0 Å². The van der Waals surface area contributed by atoms with E-state index in [1.807, 2.05) is 66.7 Å². The second kappa shape index (κ2) is 6.18. The van der Waals surface area contributed by atoms with Crippen molar-refractivity contribution >= 4 is 5.69 Å². The van der Waals surface area contributed by atoms with Crippen molar-refractivity contribution < 1.29 is 4.74 Å². The molecule has 0 heterocycles. The number of hydrogen-bond acceptors (Lipinski definition) is 3. The van der Waals surface area contributed by atoms with Crippen LogP contribution in [0.5, 0.6) is 11.5 Å². The smallest absolute Gasteiger partial charge is 0.127 e. The first-order valence-corrected chi connectivity index (χ1v) is 7.03. The van der Waals surface area contributed by atoms with E-state index in [1.165, 1.54) is 0 Å². The summed E-state index contributed by atoms with van der Waals surface area (Å²) in [4.78, 5) is 0. The molecule has 21 heavy (non-hydrogen) atoms. The van der Waals surface area contributed by atoms with E-state index in [9.17, 15) is 0 Å². The van der Waals surface area contributed by atoms with Gasteiger partial charge in [-0.2, -0.15) is 0 Å². The van der Waals surface area contributed by atoms with Crippen LogP contribution in [0, 0.1) is 0 Å². The van der Waals surface area contributed by atoms with Gasteiger partial charge in [0.25, 0.3) is 0 Å². The fourth-order valence-corrected chi connectivity index (χ4v) is 2.20. The summed E-state index contributed by atoms with van der Waals surface area (Å²) in [5.41, 5.74) is 7.61. The van der Waals surface area contributed by atoms with E-state index in [0.29, 0.717) is 0 Å². The molecule has 106 valence electrons. The molecule has 0 saturated carbocycles. The number of nitrogens with one attached hydrogen (secondary N) is 1. The standard InChI is InChI=1S/C18H18N2O/c19-14-6-8-15(9-7-14)20-16-10-12-18(13-11-16)21-17-4-2-1-3-5-17/h1-8,10-13,15,20H,9,19H2. The fraction of sp³-hybridized carbons (Fsp3) is 0.111. The summed E-state index contributed by atoms with van der Waals surface area (Å²) >= 11 is 0. The molecule has 0 aliphatic heterocycles. The molecule has 3 rings (SSSR count). The van der Waals surface area contributed by atoms with E-state index in [1.54, 1.807) is 0 Å². The van der Waals surface area contributed by atoms with E-state index in [2.05, 4.69) is 11.4 Å². The summed E-state index contributed by atoms with van der Waals surface area (Å²) in [5, 5.41) is 3.45. The molecule has 3 nitrogen and oxygen atoms in total. The van der Waals surface area contributed by atoms with Gasteiger partial charge in [-0.3, -0.25) is 0 Å². The monoisotopic (exact) mass is 278 g/mol.